The molecule has 2 aliphatic rings. The Balaban J connectivity index is 1.36. The number of nitrogens with one attached hydrogen (secondary N) is 1. The van der Waals surface area contributed by atoms with E-state index in [4.69, 9.17) is 0 Å². The lowest BCUT2D eigenvalue weighted by molar-refractivity contribution is -0.137. The fourth-order valence-corrected chi connectivity index (χ4v) is 3.61. The fraction of sp³-hybridized carbons (Fsp3) is 0.667. The SMILES string of the molecule is Cc1cccc(NCCN2CCN(C(=O)C3CCCC3)CC2)n1. The summed E-state index contributed by atoms with van der Waals surface area (Å²) in [5, 5.41) is 3.38. The molecule has 5 heteroatoms. The average molecular weight is 316 g/mol. The summed E-state index contributed by atoms with van der Waals surface area (Å²) >= 11 is 0. The highest BCUT2D eigenvalue weighted by Gasteiger charge is 2.29. The molecule has 0 aromatic carbocycles. The highest BCUT2D eigenvalue weighted by atomic mass is 16.2. The molecule has 0 radical (unpaired) electrons. The Hall–Kier alpha value is -1.62. The Morgan fingerprint density at radius 3 is 2.65 bits per heavy atom. The van der Waals surface area contributed by atoms with Crippen molar-refractivity contribution in [3.63, 3.8) is 0 Å². The maximum Gasteiger partial charge on any atom is 0.225 e. The standard InChI is InChI=1S/C18H28N4O/c1-15-5-4-8-17(20-15)19-9-10-21-11-13-22(14-12-21)18(23)16-6-2-3-7-16/h4-5,8,16H,2-3,6-7,9-14H2,1H3,(H,19,20). The molecular weight excluding hydrogens is 288 g/mol. The third-order valence-electron chi connectivity index (χ3n) is 5.01. The molecule has 1 saturated carbocycles. The molecule has 23 heavy (non-hydrogen) atoms. The van der Waals surface area contributed by atoms with E-state index >= 15 is 0 Å². The molecule has 5 nitrogen and oxygen atoms in total. The first-order valence-corrected chi connectivity index (χ1v) is 8.91. The zero-order valence-corrected chi connectivity index (χ0v) is 14.1. The number of carbonyl (C=O) groups is 1. The van der Waals surface area contributed by atoms with Crippen LogP contribution in [-0.2, 0) is 4.79 Å². The summed E-state index contributed by atoms with van der Waals surface area (Å²) in [5.74, 6) is 1.67. The minimum Gasteiger partial charge on any atom is -0.369 e. The van der Waals surface area contributed by atoms with Crippen LogP contribution in [0.15, 0.2) is 18.2 Å². The highest BCUT2D eigenvalue weighted by molar-refractivity contribution is 5.79. The molecule has 1 aromatic heterocycles. The van der Waals surface area contributed by atoms with Crippen LogP contribution in [0.3, 0.4) is 0 Å². The molecule has 126 valence electrons. The van der Waals surface area contributed by atoms with Gasteiger partial charge in [0.15, 0.2) is 0 Å². The van der Waals surface area contributed by atoms with Crippen molar-refractivity contribution < 1.29 is 4.79 Å². The van der Waals surface area contributed by atoms with Crippen LogP contribution in [0.25, 0.3) is 0 Å². The topological polar surface area (TPSA) is 48.5 Å². The molecule has 2 fully saturated rings. The molecule has 0 unspecified atom stereocenters. The van der Waals surface area contributed by atoms with Gasteiger partial charge < -0.3 is 10.2 Å². The van der Waals surface area contributed by atoms with Gasteiger partial charge in [0, 0.05) is 50.9 Å². The first-order valence-electron chi connectivity index (χ1n) is 8.91. The van der Waals surface area contributed by atoms with E-state index in [2.05, 4.69) is 20.1 Å². The highest BCUT2D eigenvalue weighted by Crippen LogP contribution is 2.26. The van der Waals surface area contributed by atoms with E-state index in [0.29, 0.717) is 11.8 Å². The number of amides is 1. The van der Waals surface area contributed by atoms with Gasteiger partial charge in [-0.2, -0.15) is 0 Å². The third kappa shape index (κ3) is 4.44. The first kappa shape index (κ1) is 16.2. The Kier molecular flexibility index (Phi) is 5.49. The van der Waals surface area contributed by atoms with Gasteiger partial charge in [0.1, 0.15) is 5.82 Å². The summed E-state index contributed by atoms with van der Waals surface area (Å²) in [7, 11) is 0. The van der Waals surface area contributed by atoms with Crippen molar-refractivity contribution >= 4 is 11.7 Å². The lowest BCUT2D eigenvalue weighted by atomic mass is 10.1. The van der Waals surface area contributed by atoms with Gasteiger partial charge in [0.05, 0.1) is 0 Å². The molecule has 0 bridgehead atoms. The van der Waals surface area contributed by atoms with Crippen molar-refractivity contribution in [2.45, 2.75) is 32.6 Å². The zero-order valence-electron chi connectivity index (χ0n) is 14.1. The minimum atomic E-state index is 0.315. The van der Waals surface area contributed by atoms with E-state index in [1.54, 1.807) is 0 Å². The van der Waals surface area contributed by atoms with Crippen LogP contribution in [0.5, 0.6) is 0 Å². The number of piperazine rings is 1. The summed E-state index contributed by atoms with van der Waals surface area (Å²) in [6, 6.07) is 6.04. The van der Waals surface area contributed by atoms with Gasteiger partial charge in [-0.05, 0) is 31.9 Å². The molecule has 1 N–H and O–H groups in total. The molecule has 0 spiro atoms. The van der Waals surface area contributed by atoms with E-state index in [-0.39, 0.29) is 0 Å². The second-order valence-corrected chi connectivity index (χ2v) is 6.74. The molecule has 2 heterocycles. The molecule has 1 aliphatic carbocycles. The molecule has 1 amide bonds. The Labute approximate surface area is 139 Å². The zero-order chi connectivity index (χ0) is 16.1. The number of pyridine rings is 1. The van der Waals surface area contributed by atoms with Crippen molar-refractivity contribution in [3.05, 3.63) is 23.9 Å². The van der Waals surface area contributed by atoms with Crippen LogP contribution in [0.4, 0.5) is 5.82 Å². The lowest BCUT2D eigenvalue weighted by Gasteiger charge is -2.36. The van der Waals surface area contributed by atoms with Crippen LogP contribution < -0.4 is 5.32 Å². The molecule has 0 atom stereocenters. The van der Waals surface area contributed by atoms with Gasteiger partial charge >= 0.3 is 0 Å². The van der Waals surface area contributed by atoms with Crippen LogP contribution in [0.1, 0.15) is 31.4 Å². The molecule has 1 aliphatic heterocycles. The van der Waals surface area contributed by atoms with Crippen molar-refractivity contribution in [1.82, 2.24) is 14.8 Å². The van der Waals surface area contributed by atoms with Crippen LogP contribution >= 0.6 is 0 Å². The second kappa shape index (κ2) is 7.77. The van der Waals surface area contributed by atoms with E-state index < -0.39 is 0 Å². The molecule has 1 saturated heterocycles. The summed E-state index contributed by atoms with van der Waals surface area (Å²) in [6.45, 7) is 7.65. The quantitative estimate of drug-likeness (QED) is 0.904. The number of aromatic nitrogens is 1. The largest absolute Gasteiger partial charge is 0.369 e. The number of hydrogen-bond acceptors (Lipinski definition) is 4. The lowest BCUT2D eigenvalue weighted by Crippen LogP contribution is -2.50. The maximum atomic E-state index is 12.4. The monoisotopic (exact) mass is 316 g/mol. The van der Waals surface area contributed by atoms with Crippen molar-refractivity contribution in [1.29, 1.82) is 0 Å². The number of rotatable bonds is 5. The summed E-state index contributed by atoms with van der Waals surface area (Å²) in [4.78, 5) is 21.4. The number of hydrogen-bond donors (Lipinski definition) is 1. The minimum absolute atomic E-state index is 0.315. The molecular formula is C18H28N4O. The van der Waals surface area contributed by atoms with Gasteiger partial charge in [-0.25, -0.2) is 4.98 Å². The van der Waals surface area contributed by atoms with Gasteiger partial charge in [0.2, 0.25) is 5.91 Å². The summed E-state index contributed by atoms with van der Waals surface area (Å²) in [5.41, 5.74) is 1.04. The number of carbonyl (C=O) groups excluding carboxylic acids is 1. The van der Waals surface area contributed by atoms with E-state index in [1.807, 2.05) is 25.1 Å². The second-order valence-electron chi connectivity index (χ2n) is 6.74. The summed E-state index contributed by atoms with van der Waals surface area (Å²) < 4.78 is 0. The Morgan fingerprint density at radius 1 is 1.22 bits per heavy atom. The average Bonchev–Trinajstić information content (AvgIpc) is 3.09. The number of nitrogens with zero attached hydrogens (tertiary/aromatic N) is 3. The van der Waals surface area contributed by atoms with E-state index in [9.17, 15) is 4.79 Å². The molecule has 1 aromatic rings. The van der Waals surface area contributed by atoms with Crippen LogP contribution in [-0.4, -0.2) is 60.0 Å². The maximum absolute atomic E-state index is 12.4. The first-order chi connectivity index (χ1) is 11.2. The van der Waals surface area contributed by atoms with E-state index in [1.165, 1.54) is 12.8 Å². The van der Waals surface area contributed by atoms with Gasteiger partial charge in [-0.15, -0.1) is 0 Å². The van der Waals surface area contributed by atoms with Crippen molar-refractivity contribution in [2.75, 3.05) is 44.6 Å². The van der Waals surface area contributed by atoms with Crippen molar-refractivity contribution in [3.8, 4) is 0 Å². The van der Waals surface area contributed by atoms with Gasteiger partial charge in [-0.1, -0.05) is 18.9 Å². The Morgan fingerprint density at radius 2 is 1.96 bits per heavy atom. The number of aryl methyl sites for hydroxylation is 1. The van der Waals surface area contributed by atoms with Crippen LogP contribution in [0, 0.1) is 12.8 Å². The predicted octanol–water partition coefficient (Wildman–Crippen LogP) is 2.14. The van der Waals surface area contributed by atoms with E-state index in [0.717, 1.165) is 63.6 Å². The summed E-state index contributed by atoms with van der Waals surface area (Å²) in [6.07, 6.45) is 4.67. The normalized spacial score (nSPS) is 20.0. The molecule has 3 rings (SSSR count). The van der Waals surface area contributed by atoms with Gasteiger partial charge in [0.25, 0.3) is 0 Å². The van der Waals surface area contributed by atoms with Crippen molar-refractivity contribution in [2.24, 2.45) is 5.92 Å². The number of anilines is 1. The third-order valence-corrected chi connectivity index (χ3v) is 5.01. The van der Waals surface area contributed by atoms with Gasteiger partial charge in [-0.3, -0.25) is 9.69 Å². The van der Waals surface area contributed by atoms with Crippen LogP contribution in [0.2, 0.25) is 0 Å². The smallest absolute Gasteiger partial charge is 0.225 e. The Bertz CT molecular complexity index is 520. The fourth-order valence-electron chi connectivity index (χ4n) is 3.61. The predicted molar refractivity (Wildman–Crippen MR) is 92.4 cm³/mol.